The molecule has 3 aromatic rings. The monoisotopic (exact) mass is 438 g/mol. The van der Waals surface area contributed by atoms with Gasteiger partial charge in [0.25, 0.3) is 0 Å². The van der Waals surface area contributed by atoms with Crippen LogP contribution in [0.15, 0.2) is 71.6 Å². The summed E-state index contributed by atoms with van der Waals surface area (Å²) in [6.07, 6.45) is 1.02. The van der Waals surface area contributed by atoms with Crippen molar-refractivity contribution < 1.29 is 17.9 Å². The molecule has 162 valence electrons. The lowest BCUT2D eigenvalue weighted by Crippen LogP contribution is -2.42. The van der Waals surface area contributed by atoms with Gasteiger partial charge in [0.2, 0.25) is 15.9 Å². The fourth-order valence-electron chi connectivity index (χ4n) is 4.03. The predicted molar refractivity (Wildman–Crippen MR) is 120 cm³/mol. The Morgan fingerprint density at radius 3 is 2.39 bits per heavy atom. The second-order valence-electron chi connectivity index (χ2n) is 7.71. The van der Waals surface area contributed by atoms with Gasteiger partial charge in [-0.2, -0.15) is 4.31 Å². The molecule has 0 spiro atoms. The number of hydrogen-bond acceptors (Lipinski definition) is 4. The van der Waals surface area contributed by atoms with Gasteiger partial charge in [0.05, 0.1) is 12.0 Å². The van der Waals surface area contributed by atoms with Gasteiger partial charge in [-0.3, -0.25) is 4.79 Å². The van der Waals surface area contributed by atoms with Crippen molar-refractivity contribution in [3.05, 3.63) is 72.3 Å². The molecule has 1 amide bonds. The molecule has 0 aliphatic carbocycles. The van der Waals surface area contributed by atoms with Crippen molar-refractivity contribution in [2.24, 2.45) is 5.92 Å². The summed E-state index contributed by atoms with van der Waals surface area (Å²) in [4.78, 5) is 13.0. The summed E-state index contributed by atoms with van der Waals surface area (Å²) >= 11 is 0. The second-order valence-corrected chi connectivity index (χ2v) is 9.65. The van der Waals surface area contributed by atoms with Crippen molar-refractivity contribution in [3.8, 4) is 5.75 Å². The average molecular weight is 439 g/mol. The van der Waals surface area contributed by atoms with Gasteiger partial charge < -0.3 is 10.1 Å². The van der Waals surface area contributed by atoms with Crippen LogP contribution in [0.3, 0.4) is 0 Å². The van der Waals surface area contributed by atoms with Crippen molar-refractivity contribution in [3.63, 3.8) is 0 Å². The molecule has 1 saturated heterocycles. The van der Waals surface area contributed by atoms with Crippen LogP contribution >= 0.6 is 0 Å². The van der Waals surface area contributed by atoms with Crippen LogP contribution < -0.4 is 10.1 Å². The van der Waals surface area contributed by atoms with Crippen molar-refractivity contribution >= 4 is 26.7 Å². The minimum atomic E-state index is -3.57. The van der Waals surface area contributed by atoms with Crippen LogP contribution in [0.4, 0.5) is 0 Å². The predicted octanol–water partition coefficient (Wildman–Crippen LogP) is 3.57. The van der Waals surface area contributed by atoms with E-state index in [1.807, 2.05) is 24.3 Å². The maximum Gasteiger partial charge on any atom is 0.243 e. The summed E-state index contributed by atoms with van der Waals surface area (Å²) in [5.74, 6) is 0.409. The molecular weight excluding hydrogens is 412 g/mol. The van der Waals surface area contributed by atoms with Crippen LogP contribution in [0.1, 0.15) is 18.4 Å². The molecule has 0 bridgehead atoms. The van der Waals surface area contributed by atoms with Crippen LogP contribution in [0.5, 0.6) is 5.75 Å². The molecule has 4 rings (SSSR count). The molecule has 3 aromatic carbocycles. The Labute approximate surface area is 182 Å². The molecule has 1 aliphatic heterocycles. The third-order valence-corrected chi connectivity index (χ3v) is 7.77. The normalized spacial score (nSPS) is 15.6. The number of carbonyl (C=O) groups excluding carboxylic acids is 1. The minimum absolute atomic E-state index is 0.0190. The topological polar surface area (TPSA) is 75.7 Å². The van der Waals surface area contributed by atoms with E-state index in [0.717, 1.165) is 16.3 Å². The van der Waals surface area contributed by atoms with Gasteiger partial charge in [0.1, 0.15) is 5.75 Å². The fraction of sp³-hybridized carbons (Fsp3) is 0.292. The molecule has 1 N–H and O–H groups in total. The third kappa shape index (κ3) is 4.57. The third-order valence-electron chi connectivity index (χ3n) is 5.85. The average Bonchev–Trinajstić information content (AvgIpc) is 2.82. The first-order valence-electron chi connectivity index (χ1n) is 10.4. The number of fused-ring (bicyclic) bond motifs is 1. The van der Waals surface area contributed by atoms with Crippen molar-refractivity contribution in [1.82, 2.24) is 9.62 Å². The summed E-state index contributed by atoms with van der Waals surface area (Å²) in [6, 6.07) is 20.6. The van der Waals surface area contributed by atoms with E-state index < -0.39 is 10.0 Å². The zero-order valence-corrected chi connectivity index (χ0v) is 18.3. The molecule has 0 atom stereocenters. The number of amides is 1. The van der Waals surface area contributed by atoms with Crippen LogP contribution in [0, 0.1) is 5.92 Å². The number of methoxy groups -OCH3 is 1. The standard InChI is InChI=1S/C24H26N2O4S/c1-30-21-9-11-22(12-10-21)31(28,29)26-15-13-19(14-16-26)24(27)25-17-20-7-4-6-18-5-2-3-8-23(18)20/h2-12,19H,13-17H2,1H3,(H,25,27). The van der Waals surface area contributed by atoms with Crippen molar-refractivity contribution in [2.75, 3.05) is 20.2 Å². The number of sulfonamides is 1. The van der Waals surface area contributed by atoms with Crippen LogP contribution in [-0.2, 0) is 21.4 Å². The Bertz CT molecular complexity index is 1160. The first kappa shape index (κ1) is 21.3. The molecule has 1 aliphatic rings. The number of piperidine rings is 1. The van der Waals surface area contributed by atoms with E-state index in [-0.39, 0.29) is 16.7 Å². The van der Waals surface area contributed by atoms with Crippen LogP contribution in [0.25, 0.3) is 10.8 Å². The highest BCUT2D eigenvalue weighted by Gasteiger charge is 2.32. The van der Waals surface area contributed by atoms with Gasteiger partial charge in [0.15, 0.2) is 0 Å². The van der Waals surface area contributed by atoms with Crippen LogP contribution in [-0.4, -0.2) is 38.8 Å². The summed E-state index contributed by atoms with van der Waals surface area (Å²) in [5, 5.41) is 5.31. The zero-order chi connectivity index (χ0) is 21.8. The fourth-order valence-corrected chi connectivity index (χ4v) is 5.50. The van der Waals surface area contributed by atoms with Gasteiger partial charge >= 0.3 is 0 Å². The van der Waals surface area contributed by atoms with E-state index in [2.05, 4.69) is 23.5 Å². The van der Waals surface area contributed by atoms with E-state index in [4.69, 9.17) is 4.74 Å². The molecule has 0 unspecified atom stereocenters. The van der Waals surface area contributed by atoms with Crippen molar-refractivity contribution in [1.29, 1.82) is 0 Å². The Balaban J connectivity index is 1.35. The molecular formula is C24H26N2O4S. The maximum atomic E-state index is 12.9. The number of nitrogens with one attached hydrogen (secondary N) is 1. The number of nitrogens with zero attached hydrogens (tertiary/aromatic N) is 1. The van der Waals surface area contributed by atoms with E-state index >= 15 is 0 Å². The molecule has 6 nitrogen and oxygen atoms in total. The van der Waals surface area contributed by atoms with Crippen molar-refractivity contribution in [2.45, 2.75) is 24.3 Å². The smallest absolute Gasteiger partial charge is 0.243 e. The molecule has 0 saturated carbocycles. The summed E-state index contributed by atoms with van der Waals surface area (Å²) < 4.78 is 32.3. The number of carbonyl (C=O) groups is 1. The Morgan fingerprint density at radius 2 is 1.68 bits per heavy atom. The van der Waals surface area contributed by atoms with E-state index in [1.54, 1.807) is 31.4 Å². The van der Waals surface area contributed by atoms with Crippen LogP contribution in [0.2, 0.25) is 0 Å². The minimum Gasteiger partial charge on any atom is -0.497 e. The number of hydrogen-bond donors (Lipinski definition) is 1. The van der Waals surface area contributed by atoms with Gasteiger partial charge in [-0.1, -0.05) is 42.5 Å². The Hall–Kier alpha value is -2.90. The highest BCUT2D eigenvalue weighted by molar-refractivity contribution is 7.89. The SMILES string of the molecule is COc1ccc(S(=O)(=O)N2CCC(C(=O)NCc3cccc4ccccc34)CC2)cc1. The largest absolute Gasteiger partial charge is 0.497 e. The quantitative estimate of drug-likeness (QED) is 0.639. The zero-order valence-electron chi connectivity index (χ0n) is 17.5. The number of ether oxygens (including phenoxy) is 1. The Kier molecular flexibility index (Phi) is 6.25. The molecule has 7 heteroatoms. The highest BCUT2D eigenvalue weighted by atomic mass is 32.2. The molecule has 0 aromatic heterocycles. The lowest BCUT2D eigenvalue weighted by atomic mass is 9.97. The molecule has 0 radical (unpaired) electrons. The lowest BCUT2D eigenvalue weighted by Gasteiger charge is -2.30. The first-order chi connectivity index (χ1) is 15.0. The second kappa shape index (κ2) is 9.08. The Morgan fingerprint density at radius 1 is 1.00 bits per heavy atom. The highest BCUT2D eigenvalue weighted by Crippen LogP contribution is 2.25. The van der Waals surface area contributed by atoms with Gasteiger partial charge in [-0.05, 0) is 53.4 Å². The maximum absolute atomic E-state index is 12.9. The first-order valence-corrected chi connectivity index (χ1v) is 11.8. The van der Waals surface area contributed by atoms with E-state index in [1.165, 1.54) is 4.31 Å². The summed E-state index contributed by atoms with van der Waals surface area (Å²) in [7, 11) is -2.03. The van der Waals surface area contributed by atoms with Gasteiger partial charge in [-0.25, -0.2) is 8.42 Å². The van der Waals surface area contributed by atoms with Gasteiger partial charge in [-0.15, -0.1) is 0 Å². The molecule has 1 fully saturated rings. The lowest BCUT2D eigenvalue weighted by molar-refractivity contribution is -0.126. The molecule has 31 heavy (non-hydrogen) atoms. The van der Waals surface area contributed by atoms with E-state index in [9.17, 15) is 13.2 Å². The summed E-state index contributed by atoms with van der Waals surface area (Å²) in [5.41, 5.74) is 1.07. The van der Waals surface area contributed by atoms with E-state index in [0.29, 0.717) is 38.2 Å². The van der Waals surface area contributed by atoms with Gasteiger partial charge in [0, 0.05) is 25.6 Å². The number of benzene rings is 3. The number of rotatable bonds is 6. The summed E-state index contributed by atoms with van der Waals surface area (Å²) in [6.45, 7) is 1.13. The molecule has 1 heterocycles.